The summed E-state index contributed by atoms with van der Waals surface area (Å²) in [6, 6.07) is 14.0. The Labute approximate surface area is 121 Å². The van der Waals surface area contributed by atoms with Crippen LogP contribution in [-0.2, 0) is 0 Å². The van der Waals surface area contributed by atoms with E-state index in [1.165, 1.54) is 0 Å². The summed E-state index contributed by atoms with van der Waals surface area (Å²) in [5.74, 6) is 1.67. The van der Waals surface area contributed by atoms with Gasteiger partial charge in [-0.05, 0) is 63.4 Å². The van der Waals surface area contributed by atoms with E-state index in [9.17, 15) is 5.11 Å². The van der Waals surface area contributed by atoms with E-state index in [1.807, 2.05) is 18.2 Å². The summed E-state index contributed by atoms with van der Waals surface area (Å²) in [6.45, 7) is 0. The van der Waals surface area contributed by atoms with Gasteiger partial charge in [0.2, 0.25) is 0 Å². The average molecular weight is 437 g/mol. The van der Waals surface area contributed by atoms with Gasteiger partial charge >= 0.3 is 0 Å². The molecule has 4 heteroatoms. The number of halogens is 2. The Morgan fingerprint density at radius 1 is 1.12 bits per heavy atom. The Balaban J connectivity index is 2.29. The second-order valence-corrected chi connectivity index (χ2v) is 5.39. The summed E-state index contributed by atoms with van der Waals surface area (Å²) in [7, 11) is 0. The lowest BCUT2D eigenvalue weighted by Gasteiger charge is -2.07. The van der Waals surface area contributed by atoms with Crippen molar-refractivity contribution >= 4 is 45.2 Å². The lowest BCUT2D eigenvalue weighted by atomic mass is 10.3. The zero-order chi connectivity index (χ0) is 11.5. The van der Waals surface area contributed by atoms with E-state index in [0.29, 0.717) is 17.2 Å². The molecule has 2 aromatic rings. The summed E-state index contributed by atoms with van der Waals surface area (Å²) in [4.78, 5) is 0. The van der Waals surface area contributed by atoms with E-state index in [0.717, 1.165) is 7.14 Å². The fourth-order valence-electron chi connectivity index (χ4n) is 1.17. The largest absolute Gasteiger partial charge is 0.506 e. The summed E-state index contributed by atoms with van der Waals surface area (Å²) < 4.78 is 7.17. The molecule has 2 rings (SSSR count). The molecule has 0 aromatic heterocycles. The van der Waals surface area contributed by atoms with Gasteiger partial charge in [0.25, 0.3) is 0 Å². The number of aromatic hydroxyl groups is 1. The molecule has 81 valence electrons. The molecule has 2 nitrogen and oxygen atoms in total. The summed E-state index contributed by atoms with van der Waals surface area (Å²) in [5.41, 5.74) is 0. The summed E-state index contributed by atoms with van der Waals surface area (Å²) in [6.07, 6.45) is 0. The van der Waals surface area contributed by atoms with Gasteiger partial charge in [0.1, 0.15) is 17.2 Å². The number of rotatable bonds is 2. The molecular formula is C12H7I2O2. The minimum absolute atomic E-state index is 0.297. The molecule has 16 heavy (non-hydrogen) atoms. The van der Waals surface area contributed by atoms with Crippen LogP contribution in [0.1, 0.15) is 0 Å². The highest BCUT2D eigenvalue weighted by Crippen LogP contribution is 2.32. The highest BCUT2D eigenvalue weighted by Gasteiger charge is 2.07. The van der Waals surface area contributed by atoms with Crippen molar-refractivity contribution in [2.75, 3.05) is 0 Å². The molecule has 1 radical (unpaired) electrons. The molecule has 0 aliphatic carbocycles. The van der Waals surface area contributed by atoms with Crippen LogP contribution in [0.15, 0.2) is 36.4 Å². The molecule has 0 amide bonds. The SMILES string of the molecule is Oc1c(I)cc(Oc2[c]cccc2)cc1I. The minimum Gasteiger partial charge on any atom is -0.506 e. The van der Waals surface area contributed by atoms with Gasteiger partial charge in [0, 0.05) is 6.07 Å². The molecular weight excluding hydrogens is 430 g/mol. The fourth-order valence-corrected chi connectivity index (χ4v) is 2.88. The predicted molar refractivity (Wildman–Crippen MR) is 78.9 cm³/mol. The number of benzene rings is 2. The maximum absolute atomic E-state index is 9.62. The second kappa shape index (κ2) is 5.22. The number of hydrogen-bond acceptors (Lipinski definition) is 2. The van der Waals surface area contributed by atoms with Crippen molar-refractivity contribution in [1.29, 1.82) is 0 Å². The van der Waals surface area contributed by atoms with Gasteiger partial charge in [-0.1, -0.05) is 18.2 Å². The average Bonchev–Trinajstić information content (AvgIpc) is 2.27. The van der Waals surface area contributed by atoms with E-state index in [4.69, 9.17) is 4.74 Å². The van der Waals surface area contributed by atoms with Crippen LogP contribution in [0, 0.1) is 13.2 Å². The standard InChI is InChI=1S/C12H7I2O2/c13-10-6-9(7-11(14)12(10)15)16-8-4-2-1-3-5-8/h1-4,6-7,15H. The predicted octanol–water partition coefficient (Wildman–Crippen LogP) is 4.19. The van der Waals surface area contributed by atoms with Crippen LogP contribution < -0.4 is 4.74 Å². The Morgan fingerprint density at radius 2 is 1.81 bits per heavy atom. The van der Waals surface area contributed by atoms with Gasteiger partial charge in [0.05, 0.1) is 7.14 Å². The maximum atomic E-state index is 9.62. The Bertz CT molecular complexity index is 475. The third-order valence-corrected chi connectivity index (χ3v) is 3.54. The van der Waals surface area contributed by atoms with Gasteiger partial charge in [-0.15, -0.1) is 0 Å². The number of ether oxygens (including phenoxy) is 1. The molecule has 0 heterocycles. The topological polar surface area (TPSA) is 29.5 Å². The number of phenols is 1. The van der Waals surface area contributed by atoms with Crippen LogP contribution in [0.4, 0.5) is 0 Å². The molecule has 0 aliphatic heterocycles. The third-order valence-electron chi connectivity index (χ3n) is 1.90. The van der Waals surface area contributed by atoms with Crippen molar-refractivity contribution in [2.45, 2.75) is 0 Å². The highest BCUT2D eigenvalue weighted by molar-refractivity contribution is 14.1. The van der Waals surface area contributed by atoms with Crippen LogP contribution in [0.2, 0.25) is 0 Å². The summed E-state index contributed by atoms with van der Waals surface area (Å²) >= 11 is 4.15. The maximum Gasteiger partial charge on any atom is 0.142 e. The van der Waals surface area contributed by atoms with E-state index in [1.54, 1.807) is 18.2 Å². The van der Waals surface area contributed by atoms with Crippen molar-refractivity contribution in [1.82, 2.24) is 0 Å². The monoisotopic (exact) mass is 437 g/mol. The molecule has 1 N–H and O–H groups in total. The number of phenolic OH excluding ortho intramolecular Hbond substituents is 1. The lowest BCUT2D eigenvalue weighted by molar-refractivity contribution is 0.457. The zero-order valence-corrected chi connectivity index (χ0v) is 12.4. The zero-order valence-electron chi connectivity index (χ0n) is 8.08. The van der Waals surface area contributed by atoms with Crippen molar-refractivity contribution in [3.63, 3.8) is 0 Å². The molecule has 0 unspecified atom stereocenters. The van der Waals surface area contributed by atoms with Gasteiger partial charge < -0.3 is 9.84 Å². The molecule has 0 saturated heterocycles. The Hall–Kier alpha value is -0.500. The van der Waals surface area contributed by atoms with Gasteiger partial charge in [-0.2, -0.15) is 0 Å². The first kappa shape index (κ1) is 12.0. The molecule has 0 aliphatic rings. The van der Waals surface area contributed by atoms with Crippen molar-refractivity contribution in [3.05, 3.63) is 49.6 Å². The molecule has 2 aromatic carbocycles. The van der Waals surface area contributed by atoms with Gasteiger partial charge in [-0.3, -0.25) is 0 Å². The first-order chi connectivity index (χ1) is 7.66. The van der Waals surface area contributed by atoms with Crippen LogP contribution in [0.5, 0.6) is 17.2 Å². The van der Waals surface area contributed by atoms with Crippen LogP contribution in [0.25, 0.3) is 0 Å². The lowest BCUT2D eigenvalue weighted by Crippen LogP contribution is -1.87. The normalized spacial score (nSPS) is 10.1. The molecule has 0 atom stereocenters. The quantitative estimate of drug-likeness (QED) is 0.715. The minimum atomic E-state index is 0.297. The Morgan fingerprint density at radius 3 is 2.38 bits per heavy atom. The van der Waals surface area contributed by atoms with E-state index >= 15 is 0 Å². The van der Waals surface area contributed by atoms with Gasteiger partial charge in [0.15, 0.2) is 0 Å². The molecule has 0 bridgehead atoms. The molecule has 0 fully saturated rings. The molecule has 0 spiro atoms. The van der Waals surface area contributed by atoms with Crippen molar-refractivity contribution in [3.8, 4) is 17.2 Å². The first-order valence-corrected chi connectivity index (χ1v) is 6.65. The third kappa shape index (κ3) is 2.79. The molecule has 0 saturated carbocycles. The van der Waals surface area contributed by atoms with E-state index in [2.05, 4.69) is 51.2 Å². The Kier molecular flexibility index (Phi) is 3.91. The van der Waals surface area contributed by atoms with E-state index in [-0.39, 0.29) is 0 Å². The first-order valence-electron chi connectivity index (χ1n) is 4.49. The number of para-hydroxylation sites is 1. The highest BCUT2D eigenvalue weighted by atomic mass is 127. The van der Waals surface area contributed by atoms with E-state index < -0.39 is 0 Å². The van der Waals surface area contributed by atoms with Crippen LogP contribution in [0.3, 0.4) is 0 Å². The number of hydrogen-bond donors (Lipinski definition) is 1. The summed E-state index contributed by atoms with van der Waals surface area (Å²) in [5, 5.41) is 9.62. The van der Waals surface area contributed by atoms with Crippen molar-refractivity contribution in [2.24, 2.45) is 0 Å². The smallest absolute Gasteiger partial charge is 0.142 e. The van der Waals surface area contributed by atoms with Crippen LogP contribution >= 0.6 is 45.2 Å². The van der Waals surface area contributed by atoms with Crippen molar-refractivity contribution < 1.29 is 9.84 Å². The second-order valence-electron chi connectivity index (χ2n) is 3.06. The fraction of sp³-hybridized carbons (Fsp3) is 0. The van der Waals surface area contributed by atoms with Gasteiger partial charge in [-0.25, -0.2) is 0 Å². The van der Waals surface area contributed by atoms with Crippen LogP contribution in [-0.4, -0.2) is 5.11 Å².